The van der Waals surface area contributed by atoms with E-state index in [0.29, 0.717) is 6.07 Å². The van der Waals surface area contributed by atoms with Crippen LogP contribution in [0.1, 0.15) is 5.69 Å². The molecule has 0 aliphatic carbocycles. The summed E-state index contributed by atoms with van der Waals surface area (Å²) >= 11 is 0. The maximum Gasteiger partial charge on any atom is 0.433 e. The van der Waals surface area contributed by atoms with Gasteiger partial charge in [-0.1, -0.05) is 0 Å². The van der Waals surface area contributed by atoms with Crippen LogP contribution < -0.4 is 10.6 Å². The van der Waals surface area contributed by atoms with Crippen molar-refractivity contribution in [1.29, 1.82) is 0 Å². The monoisotopic (exact) mass is 291 g/mol. The van der Waals surface area contributed by atoms with Crippen LogP contribution in [0.3, 0.4) is 0 Å². The first kappa shape index (κ1) is 15.9. The SMILES string of the molecule is COCCNC(=O)C(=O)Nc1ccc(C(F)(F)F)nc1. The van der Waals surface area contributed by atoms with Crippen molar-refractivity contribution in [2.45, 2.75) is 6.18 Å². The minimum absolute atomic E-state index is 0.00936. The van der Waals surface area contributed by atoms with Gasteiger partial charge in [-0.25, -0.2) is 4.98 Å². The second kappa shape index (κ2) is 6.85. The zero-order chi connectivity index (χ0) is 15.2. The summed E-state index contributed by atoms with van der Waals surface area (Å²) in [4.78, 5) is 25.8. The van der Waals surface area contributed by atoms with Crippen LogP contribution in [-0.2, 0) is 20.5 Å². The molecule has 0 aliphatic heterocycles. The van der Waals surface area contributed by atoms with Crippen molar-refractivity contribution in [3.63, 3.8) is 0 Å². The first-order chi connectivity index (χ1) is 9.34. The molecule has 1 rings (SSSR count). The van der Waals surface area contributed by atoms with Gasteiger partial charge >= 0.3 is 18.0 Å². The number of methoxy groups -OCH3 is 1. The predicted octanol–water partition coefficient (Wildman–Crippen LogP) is 0.801. The maximum absolute atomic E-state index is 12.3. The molecule has 0 aromatic carbocycles. The molecular weight excluding hydrogens is 279 g/mol. The van der Waals surface area contributed by atoms with E-state index in [0.717, 1.165) is 12.3 Å². The van der Waals surface area contributed by atoms with Crippen LogP contribution in [0.15, 0.2) is 18.3 Å². The van der Waals surface area contributed by atoms with Crippen LogP contribution in [0.5, 0.6) is 0 Å². The quantitative estimate of drug-likeness (QED) is 0.635. The van der Waals surface area contributed by atoms with Crippen molar-refractivity contribution in [3.05, 3.63) is 24.0 Å². The number of nitrogens with one attached hydrogen (secondary N) is 2. The molecular formula is C11H12F3N3O3. The number of amides is 2. The highest BCUT2D eigenvalue weighted by Crippen LogP contribution is 2.27. The lowest BCUT2D eigenvalue weighted by Gasteiger charge is -2.08. The number of carbonyl (C=O) groups is 2. The van der Waals surface area contributed by atoms with Gasteiger partial charge in [-0.3, -0.25) is 9.59 Å². The van der Waals surface area contributed by atoms with Crippen LogP contribution in [-0.4, -0.2) is 37.1 Å². The summed E-state index contributed by atoms with van der Waals surface area (Å²) in [6.07, 6.45) is -3.73. The Morgan fingerprint density at radius 2 is 2.00 bits per heavy atom. The van der Waals surface area contributed by atoms with E-state index in [1.165, 1.54) is 7.11 Å². The summed E-state index contributed by atoms with van der Waals surface area (Å²) in [6.45, 7) is 0.384. The molecule has 0 bridgehead atoms. The number of aromatic nitrogens is 1. The average molecular weight is 291 g/mol. The molecule has 2 amide bonds. The Morgan fingerprint density at radius 1 is 1.30 bits per heavy atom. The van der Waals surface area contributed by atoms with Gasteiger partial charge in [0.25, 0.3) is 0 Å². The van der Waals surface area contributed by atoms with Crippen molar-refractivity contribution >= 4 is 17.5 Å². The number of hydrogen-bond acceptors (Lipinski definition) is 4. The topological polar surface area (TPSA) is 80.3 Å². The fourth-order valence-corrected chi connectivity index (χ4v) is 1.17. The number of carbonyl (C=O) groups excluding carboxylic acids is 2. The van der Waals surface area contributed by atoms with Crippen LogP contribution in [0, 0.1) is 0 Å². The summed E-state index contributed by atoms with van der Waals surface area (Å²) in [5.41, 5.74) is -1.09. The van der Waals surface area contributed by atoms with Gasteiger partial charge in [-0.15, -0.1) is 0 Å². The molecule has 0 aliphatic rings. The molecule has 1 aromatic heterocycles. The van der Waals surface area contributed by atoms with Crippen molar-refractivity contribution in [2.24, 2.45) is 0 Å². The van der Waals surface area contributed by atoms with E-state index in [-0.39, 0.29) is 18.8 Å². The highest BCUT2D eigenvalue weighted by atomic mass is 19.4. The molecule has 0 saturated heterocycles. The number of hydrogen-bond donors (Lipinski definition) is 2. The van der Waals surface area contributed by atoms with E-state index >= 15 is 0 Å². The van der Waals surface area contributed by atoms with Crippen molar-refractivity contribution in [2.75, 3.05) is 25.6 Å². The number of alkyl halides is 3. The minimum Gasteiger partial charge on any atom is -0.383 e. The first-order valence-electron chi connectivity index (χ1n) is 5.46. The van der Waals surface area contributed by atoms with E-state index < -0.39 is 23.7 Å². The number of pyridine rings is 1. The zero-order valence-corrected chi connectivity index (χ0v) is 10.5. The van der Waals surface area contributed by atoms with E-state index in [4.69, 9.17) is 0 Å². The lowest BCUT2D eigenvalue weighted by molar-refractivity contribution is -0.141. The third kappa shape index (κ3) is 4.84. The Balaban J connectivity index is 2.56. The van der Waals surface area contributed by atoms with Crippen LogP contribution in [0.2, 0.25) is 0 Å². The fourth-order valence-electron chi connectivity index (χ4n) is 1.17. The first-order valence-corrected chi connectivity index (χ1v) is 5.46. The van der Waals surface area contributed by atoms with Crippen LogP contribution in [0.25, 0.3) is 0 Å². The second-order valence-electron chi connectivity index (χ2n) is 3.63. The van der Waals surface area contributed by atoms with Crippen molar-refractivity contribution in [1.82, 2.24) is 10.3 Å². The Labute approximate surface area is 112 Å². The second-order valence-corrected chi connectivity index (χ2v) is 3.63. The molecule has 0 spiro atoms. The normalized spacial score (nSPS) is 11.0. The van der Waals surface area contributed by atoms with Gasteiger partial charge in [0.15, 0.2) is 0 Å². The number of halogens is 3. The van der Waals surface area contributed by atoms with Gasteiger partial charge in [-0.2, -0.15) is 13.2 Å². The molecule has 0 radical (unpaired) electrons. The van der Waals surface area contributed by atoms with Crippen LogP contribution in [0.4, 0.5) is 18.9 Å². The Bertz CT molecular complexity index is 474. The summed E-state index contributed by atoms with van der Waals surface area (Å²) < 4.78 is 41.4. The summed E-state index contributed by atoms with van der Waals surface area (Å²) in [6, 6.07) is 1.72. The van der Waals surface area contributed by atoms with E-state index in [1.807, 2.05) is 0 Å². The Kier molecular flexibility index (Phi) is 5.44. The average Bonchev–Trinajstić information content (AvgIpc) is 2.38. The van der Waals surface area contributed by atoms with Gasteiger partial charge in [0, 0.05) is 13.7 Å². The predicted molar refractivity (Wildman–Crippen MR) is 62.8 cm³/mol. The lowest BCUT2D eigenvalue weighted by atomic mass is 10.3. The van der Waals surface area contributed by atoms with E-state index in [9.17, 15) is 22.8 Å². The minimum atomic E-state index is -4.56. The molecule has 20 heavy (non-hydrogen) atoms. The van der Waals surface area contributed by atoms with Gasteiger partial charge in [0.1, 0.15) is 5.69 Å². The Hall–Kier alpha value is -2.16. The molecule has 1 aromatic rings. The van der Waals surface area contributed by atoms with Crippen LogP contribution >= 0.6 is 0 Å². The molecule has 0 unspecified atom stereocenters. The molecule has 6 nitrogen and oxygen atoms in total. The van der Waals surface area contributed by atoms with Gasteiger partial charge < -0.3 is 15.4 Å². The summed E-state index contributed by atoms with van der Waals surface area (Å²) in [5, 5.41) is 4.39. The highest BCUT2D eigenvalue weighted by Gasteiger charge is 2.32. The van der Waals surface area contributed by atoms with Crippen molar-refractivity contribution < 1.29 is 27.5 Å². The third-order valence-electron chi connectivity index (χ3n) is 2.11. The van der Waals surface area contributed by atoms with E-state index in [2.05, 4.69) is 20.4 Å². The molecule has 1 heterocycles. The van der Waals surface area contributed by atoms with Gasteiger partial charge in [0.05, 0.1) is 18.5 Å². The molecule has 0 fully saturated rings. The number of anilines is 1. The fraction of sp³-hybridized carbons (Fsp3) is 0.364. The molecule has 0 saturated carbocycles. The molecule has 0 atom stereocenters. The lowest BCUT2D eigenvalue weighted by Crippen LogP contribution is -2.37. The standard InChI is InChI=1S/C11H12F3N3O3/c1-20-5-4-15-9(18)10(19)17-7-2-3-8(16-6-7)11(12,13)14/h2-3,6H,4-5H2,1H3,(H,15,18)(H,17,19). The number of ether oxygens (including phenoxy) is 1. The Morgan fingerprint density at radius 3 is 2.50 bits per heavy atom. The number of rotatable bonds is 4. The van der Waals surface area contributed by atoms with Gasteiger partial charge in [0.2, 0.25) is 0 Å². The van der Waals surface area contributed by atoms with E-state index in [1.54, 1.807) is 0 Å². The number of nitrogens with zero attached hydrogens (tertiary/aromatic N) is 1. The molecule has 110 valence electrons. The summed E-state index contributed by atoms with van der Waals surface area (Å²) in [7, 11) is 1.43. The highest BCUT2D eigenvalue weighted by molar-refractivity contribution is 6.39. The smallest absolute Gasteiger partial charge is 0.383 e. The molecule has 2 N–H and O–H groups in total. The third-order valence-corrected chi connectivity index (χ3v) is 2.11. The summed E-state index contributed by atoms with van der Waals surface area (Å²) in [5.74, 6) is -1.91. The largest absolute Gasteiger partial charge is 0.433 e. The van der Waals surface area contributed by atoms with Gasteiger partial charge in [-0.05, 0) is 12.1 Å². The zero-order valence-electron chi connectivity index (χ0n) is 10.5. The molecule has 9 heteroatoms. The maximum atomic E-state index is 12.3. The van der Waals surface area contributed by atoms with Crippen molar-refractivity contribution in [3.8, 4) is 0 Å².